The molecule has 160 valence electrons. The molecule has 0 radical (unpaired) electrons. The van der Waals surface area contributed by atoms with E-state index in [1.165, 1.54) is 7.11 Å². The molecule has 7 nitrogen and oxygen atoms in total. The number of alkyl carbamates (subject to hydrolysis) is 1. The Balaban J connectivity index is 2.30. The number of rotatable bonds is 2. The van der Waals surface area contributed by atoms with Gasteiger partial charge in [0.1, 0.15) is 11.6 Å². The molecule has 0 saturated heterocycles. The average Bonchev–Trinajstić information content (AvgIpc) is 2.63. The predicted molar refractivity (Wildman–Crippen MR) is 109 cm³/mol. The fourth-order valence-corrected chi connectivity index (χ4v) is 3.35. The second-order valence-corrected chi connectivity index (χ2v) is 8.56. The summed E-state index contributed by atoms with van der Waals surface area (Å²) in [5.74, 6) is -0.896. The number of benzene rings is 1. The second-order valence-electron chi connectivity index (χ2n) is 8.56. The molecule has 1 aromatic carbocycles. The molecule has 2 amide bonds. The smallest absolute Gasteiger partial charge is 0.408 e. The zero-order chi connectivity index (χ0) is 21.6. The highest BCUT2D eigenvalue weighted by Gasteiger charge is 2.27. The highest BCUT2D eigenvalue weighted by Crippen LogP contribution is 2.24. The van der Waals surface area contributed by atoms with Crippen molar-refractivity contribution in [2.24, 2.45) is 5.92 Å². The van der Waals surface area contributed by atoms with E-state index in [1.807, 2.05) is 52.0 Å². The molecule has 2 N–H and O–H groups in total. The molecule has 2 rings (SSSR count). The predicted octanol–water partition coefficient (Wildman–Crippen LogP) is 3.27. The van der Waals surface area contributed by atoms with Crippen molar-refractivity contribution in [3.8, 4) is 0 Å². The first-order chi connectivity index (χ1) is 13.6. The first-order valence-corrected chi connectivity index (χ1v) is 10.1. The van der Waals surface area contributed by atoms with Crippen LogP contribution in [0.25, 0.3) is 0 Å². The Labute approximate surface area is 172 Å². The van der Waals surface area contributed by atoms with Crippen LogP contribution >= 0.6 is 0 Å². The van der Waals surface area contributed by atoms with E-state index in [0.717, 1.165) is 17.5 Å². The highest BCUT2D eigenvalue weighted by atomic mass is 16.6. The van der Waals surface area contributed by atoms with Crippen molar-refractivity contribution in [1.82, 2.24) is 10.6 Å². The molecular weight excluding hydrogens is 372 g/mol. The third kappa shape index (κ3) is 7.07. The molecule has 1 aliphatic rings. The minimum atomic E-state index is -0.748. The van der Waals surface area contributed by atoms with Gasteiger partial charge in [0.05, 0.1) is 13.2 Å². The average molecular weight is 405 g/mol. The molecule has 3 atom stereocenters. The molecule has 1 aromatic rings. The number of carbonyl (C=O) groups is 3. The van der Waals surface area contributed by atoms with Crippen LogP contribution in [-0.4, -0.2) is 36.7 Å². The van der Waals surface area contributed by atoms with Crippen LogP contribution in [0.15, 0.2) is 24.3 Å². The van der Waals surface area contributed by atoms with E-state index < -0.39 is 23.7 Å². The molecule has 0 spiro atoms. The monoisotopic (exact) mass is 404 g/mol. The number of methoxy groups -OCH3 is 1. The maximum Gasteiger partial charge on any atom is 0.408 e. The van der Waals surface area contributed by atoms with Crippen molar-refractivity contribution in [2.75, 3.05) is 7.11 Å². The molecule has 29 heavy (non-hydrogen) atoms. The van der Waals surface area contributed by atoms with E-state index in [1.54, 1.807) is 0 Å². The number of hydrogen-bond donors (Lipinski definition) is 2. The van der Waals surface area contributed by atoms with E-state index in [-0.39, 0.29) is 17.9 Å². The lowest BCUT2D eigenvalue weighted by molar-refractivity contribution is -0.145. The lowest BCUT2D eigenvalue weighted by Crippen LogP contribution is -2.45. The Morgan fingerprint density at radius 2 is 1.93 bits per heavy atom. The van der Waals surface area contributed by atoms with Gasteiger partial charge in [0.15, 0.2) is 0 Å². The molecule has 2 bridgehead atoms. The first kappa shape index (κ1) is 22.7. The fraction of sp³-hybridized carbons (Fsp3) is 0.591. The van der Waals surface area contributed by atoms with Gasteiger partial charge >= 0.3 is 12.1 Å². The summed E-state index contributed by atoms with van der Waals surface area (Å²) in [7, 11) is 1.31. The van der Waals surface area contributed by atoms with Gasteiger partial charge in [-0.05, 0) is 44.7 Å². The largest absolute Gasteiger partial charge is 0.467 e. The van der Waals surface area contributed by atoms with Crippen molar-refractivity contribution in [2.45, 2.75) is 71.1 Å². The van der Waals surface area contributed by atoms with Gasteiger partial charge in [0.25, 0.3) is 0 Å². The van der Waals surface area contributed by atoms with Crippen molar-refractivity contribution in [1.29, 1.82) is 0 Å². The normalized spacial score (nSPS) is 23.1. The van der Waals surface area contributed by atoms with Crippen LogP contribution in [0, 0.1) is 5.92 Å². The van der Waals surface area contributed by atoms with E-state index >= 15 is 0 Å². The standard InChI is InChI=1S/C22H32N2O5/c1-14-8-6-11-17(24-21(27)29-22(2,3)4)16-10-7-9-15(12-16)13-18(20(26)28-5)23-19(14)25/h7,9-10,12,14,17-18H,6,8,11,13H2,1-5H3,(H,23,25)(H,24,27)/t14-,17+,18-/m1/s1. The number of carbonyl (C=O) groups excluding carboxylic acids is 3. The third-order valence-corrected chi connectivity index (χ3v) is 4.86. The summed E-state index contributed by atoms with van der Waals surface area (Å²) >= 11 is 0. The first-order valence-electron chi connectivity index (χ1n) is 10.1. The van der Waals surface area contributed by atoms with E-state index in [9.17, 15) is 14.4 Å². The third-order valence-electron chi connectivity index (χ3n) is 4.86. The number of amides is 2. The van der Waals surface area contributed by atoms with E-state index in [4.69, 9.17) is 9.47 Å². The molecule has 1 heterocycles. The van der Waals surface area contributed by atoms with E-state index in [2.05, 4.69) is 10.6 Å². The van der Waals surface area contributed by atoms with Gasteiger partial charge in [-0.25, -0.2) is 9.59 Å². The zero-order valence-corrected chi connectivity index (χ0v) is 17.9. The maximum atomic E-state index is 12.5. The van der Waals surface area contributed by atoms with Crippen molar-refractivity contribution >= 4 is 18.0 Å². The summed E-state index contributed by atoms with van der Waals surface area (Å²) in [6.45, 7) is 7.30. The van der Waals surface area contributed by atoms with E-state index in [0.29, 0.717) is 19.3 Å². The lowest BCUT2D eigenvalue weighted by atomic mass is 9.93. The maximum absolute atomic E-state index is 12.5. The Kier molecular flexibility index (Phi) is 7.65. The van der Waals surface area contributed by atoms with Crippen LogP contribution < -0.4 is 10.6 Å². The van der Waals surface area contributed by atoms with Crippen LogP contribution in [0.4, 0.5) is 4.79 Å². The van der Waals surface area contributed by atoms with Gasteiger partial charge < -0.3 is 20.1 Å². The quantitative estimate of drug-likeness (QED) is 0.738. The number of nitrogens with one attached hydrogen (secondary N) is 2. The minimum Gasteiger partial charge on any atom is -0.467 e. The number of hydrogen-bond acceptors (Lipinski definition) is 5. The summed E-state index contributed by atoms with van der Waals surface area (Å²) in [6, 6.07) is 6.70. The molecule has 1 aliphatic heterocycles. The van der Waals surface area contributed by atoms with Crippen LogP contribution in [0.1, 0.15) is 64.1 Å². The molecule has 0 fully saturated rings. The number of esters is 1. The van der Waals surface area contributed by atoms with Crippen molar-refractivity contribution in [3.63, 3.8) is 0 Å². The molecule has 7 heteroatoms. The lowest BCUT2D eigenvalue weighted by Gasteiger charge is -2.26. The van der Waals surface area contributed by atoms with Gasteiger partial charge in [0, 0.05) is 12.3 Å². The molecule has 0 aromatic heterocycles. The van der Waals surface area contributed by atoms with Gasteiger partial charge in [-0.3, -0.25) is 4.79 Å². The van der Waals surface area contributed by atoms with Crippen LogP contribution in [-0.2, 0) is 25.5 Å². The van der Waals surface area contributed by atoms with Gasteiger partial charge in [-0.15, -0.1) is 0 Å². The second kappa shape index (κ2) is 9.76. The topological polar surface area (TPSA) is 93.7 Å². The summed E-state index contributed by atoms with van der Waals surface area (Å²) < 4.78 is 10.3. The molecule has 0 aliphatic carbocycles. The van der Waals surface area contributed by atoms with Crippen molar-refractivity contribution < 1.29 is 23.9 Å². The Morgan fingerprint density at radius 3 is 2.59 bits per heavy atom. The minimum absolute atomic E-state index is 0.172. The summed E-state index contributed by atoms with van der Waals surface area (Å²) in [4.78, 5) is 37.0. The zero-order valence-electron chi connectivity index (χ0n) is 17.9. The van der Waals surface area contributed by atoms with Crippen molar-refractivity contribution in [3.05, 3.63) is 35.4 Å². The number of fused-ring (bicyclic) bond motifs is 2. The van der Waals surface area contributed by atoms with Crippen LogP contribution in [0.3, 0.4) is 0 Å². The SMILES string of the molecule is COC(=O)[C@H]1Cc2cccc(c2)[C@@H](NC(=O)OC(C)(C)C)CCC[C@@H](C)C(=O)N1. The summed E-state index contributed by atoms with van der Waals surface area (Å²) in [5, 5.41) is 5.76. The van der Waals surface area contributed by atoms with Crippen LogP contribution in [0.5, 0.6) is 0 Å². The Bertz CT molecular complexity index is 741. The molecule has 0 unspecified atom stereocenters. The molecule has 0 saturated carbocycles. The highest BCUT2D eigenvalue weighted by molar-refractivity contribution is 5.85. The number of ether oxygens (including phenoxy) is 2. The van der Waals surface area contributed by atoms with Gasteiger partial charge in [-0.1, -0.05) is 37.6 Å². The Morgan fingerprint density at radius 1 is 1.21 bits per heavy atom. The van der Waals surface area contributed by atoms with Gasteiger partial charge in [0.2, 0.25) is 5.91 Å². The van der Waals surface area contributed by atoms with Crippen LogP contribution in [0.2, 0.25) is 0 Å². The Hall–Kier alpha value is -2.57. The molecular formula is C22H32N2O5. The van der Waals surface area contributed by atoms with Gasteiger partial charge in [-0.2, -0.15) is 0 Å². The summed E-state index contributed by atoms with van der Waals surface area (Å²) in [5.41, 5.74) is 1.23. The summed E-state index contributed by atoms with van der Waals surface area (Å²) in [6.07, 6.45) is 1.91. The fourth-order valence-electron chi connectivity index (χ4n) is 3.35.